The van der Waals surface area contributed by atoms with Crippen molar-refractivity contribution in [2.45, 2.75) is 0 Å². The zero-order chi connectivity index (χ0) is 26.6. The summed E-state index contributed by atoms with van der Waals surface area (Å²) in [6.07, 6.45) is 0. The van der Waals surface area contributed by atoms with Crippen molar-refractivity contribution in [3.8, 4) is 39.4 Å². The molecule has 0 aliphatic carbocycles. The minimum Gasteiger partial charge on any atom is -0.192 e. The van der Waals surface area contributed by atoms with Crippen molar-refractivity contribution >= 4 is 63.0 Å². The average molecular weight is 544 g/mol. The Morgan fingerprint density at radius 3 is 1.90 bits per heavy atom. The molecule has 0 N–H and O–H groups in total. The van der Waals surface area contributed by atoms with Gasteiger partial charge in [0.15, 0.2) is 0 Å². The maximum absolute atomic E-state index is 10.1. The van der Waals surface area contributed by atoms with Crippen LogP contribution in [-0.2, 0) is 0 Å². The third kappa shape index (κ3) is 3.51. The third-order valence-corrected chi connectivity index (χ3v) is 10.1. The van der Waals surface area contributed by atoms with Crippen LogP contribution in [0.15, 0.2) is 127 Å². The van der Waals surface area contributed by atoms with Gasteiger partial charge in [-0.3, -0.25) is 0 Å². The first-order valence-corrected chi connectivity index (χ1v) is 14.9. The van der Waals surface area contributed by atoms with Crippen molar-refractivity contribution in [1.82, 2.24) is 0 Å². The van der Waals surface area contributed by atoms with Crippen molar-refractivity contribution in [1.29, 1.82) is 5.26 Å². The van der Waals surface area contributed by atoms with Gasteiger partial charge in [0.2, 0.25) is 0 Å². The topological polar surface area (TPSA) is 23.8 Å². The molecule has 0 saturated carbocycles. The molecule has 0 aliphatic rings. The molecule has 1 nitrogen and oxygen atoms in total. The van der Waals surface area contributed by atoms with E-state index in [1.165, 1.54) is 45.9 Å². The van der Waals surface area contributed by atoms with E-state index in [0.717, 1.165) is 27.8 Å². The molecule has 0 fully saturated rings. The van der Waals surface area contributed by atoms with Gasteiger partial charge in [-0.05, 0) is 46.5 Å². The van der Waals surface area contributed by atoms with Gasteiger partial charge >= 0.3 is 0 Å². The maximum atomic E-state index is 10.1. The van der Waals surface area contributed by atoms with Crippen LogP contribution in [0.25, 0.3) is 73.7 Å². The van der Waals surface area contributed by atoms with E-state index in [-0.39, 0.29) is 0 Å². The lowest BCUT2D eigenvalue weighted by atomic mass is 9.85. The Hall–Kier alpha value is -4.75. The van der Waals surface area contributed by atoms with Gasteiger partial charge in [-0.25, -0.2) is 0 Å². The van der Waals surface area contributed by atoms with Crippen LogP contribution in [0.2, 0.25) is 0 Å². The van der Waals surface area contributed by atoms with Gasteiger partial charge in [0, 0.05) is 51.5 Å². The van der Waals surface area contributed by atoms with Gasteiger partial charge in [0.1, 0.15) is 0 Å². The Bertz CT molecular complexity index is 2290. The highest BCUT2D eigenvalue weighted by atomic mass is 32.1. The molecule has 2 aromatic heterocycles. The molecule has 0 atom stereocenters. The monoisotopic (exact) mass is 543 g/mol. The second-order valence-corrected chi connectivity index (χ2v) is 12.1. The van der Waals surface area contributed by atoms with E-state index in [1.54, 1.807) is 0 Å². The second-order valence-electron chi connectivity index (χ2n) is 9.98. The smallest absolute Gasteiger partial charge is 0.0998 e. The molecule has 186 valence electrons. The first-order chi connectivity index (χ1) is 19.8. The van der Waals surface area contributed by atoms with Crippen LogP contribution in [0.5, 0.6) is 0 Å². The SMILES string of the molecule is N#Cc1ccccc1-c1c(-c2ccc3c(c2)sc2ccccc23)cccc1-c1cccc2c1sc1ccccc12. The number of thiophene rings is 2. The predicted molar refractivity (Wildman–Crippen MR) is 173 cm³/mol. The number of nitrogens with zero attached hydrogens (tertiary/aromatic N) is 1. The van der Waals surface area contributed by atoms with E-state index in [9.17, 15) is 5.26 Å². The van der Waals surface area contributed by atoms with Crippen molar-refractivity contribution < 1.29 is 0 Å². The fourth-order valence-corrected chi connectivity index (χ4v) is 8.33. The largest absolute Gasteiger partial charge is 0.192 e. The number of rotatable bonds is 3. The quantitative estimate of drug-likeness (QED) is 0.217. The molecule has 3 heteroatoms. The molecule has 2 heterocycles. The summed E-state index contributed by atoms with van der Waals surface area (Å²) in [7, 11) is 0. The van der Waals surface area contributed by atoms with Gasteiger partial charge in [-0.1, -0.05) is 103 Å². The van der Waals surface area contributed by atoms with Gasteiger partial charge < -0.3 is 0 Å². The Balaban J connectivity index is 1.45. The molecule has 0 unspecified atom stereocenters. The van der Waals surface area contributed by atoms with Crippen LogP contribution in [0, 0.1) is 11.3 Å². The van der Waals surface area contributed by atoms with Crippen LogP contribution in [0.1, 0.15) is 5.56 Å². The summed E-state index contributed by atoms with van der Waals surface area (Å²) in [6.45, 7) is 0. The van der Waals surface area contributed by atoms with Gasteiger partial charge in [0.25, 0.3) is 0 Å². The fourth-order valence-electron chi connectivity index (χ4n) is 5.96. The summed E-state index contributed by atoms with van der Waals surface area (Å²) < 4.78 is 5.14. The van der Waals surface area contributed by atoms with Crippen LogP contribution in [0.3, 0.4) is 0 Å². The average Bonchev–Trinajstić information content (AvgIpc) is 3.58. The Morgan fingerprint density at radius 2 is 1.05 bits per heavy atom. The Morgan fingerprint density at radius 1 is 0.450 bits per heavy atom. The molecule has 0 bridgehead atoms. The zero-order valence-electron chi connectivity index (χ0n) is 21.4. The van der Waals surface area contributed by atoms with Gasteiger partial charge in [-0.15, -0.1) is 22.7 Å². The molecule has 0 spiro atoms. The molecule has 0 amide bonds. The second kappa shape index (κ2) is 9.17. The normalized spacial score (nSPS) is 11.5. The lowest BCUT2D eigenvalue weighted by molar-refractivity contribution is 1.48. The van der Waals surface area contributed by atoms with Crippen LogP contribution in [-0.4, -0.2) is 0 Å². The first-order valence-electron chi connectivity index (χ1n) is 13.2. The fraction of sp³-hybridized carbons (Fsp3) is 0. The van der Waals surface area contributed by atoms with Crippen molar-refractivity contribution in [3.05, 3.63) is 133 Å². The highest BCUT2D eigenvalue weighted by Crippen LogP contribution is 2.47. The molecule has 40 heavy (non-hydrogen) atoms. The van der Waals surface area contributed by atoms with Crippen molar-refractivity contribution in [2.24, 2.45) is 0 Å². The lowest BCUT2D eigenvalue weighted by Crippen LogP contribution is -1.93. The number of fused-ring (bicyclic) bond motifs is 6. The maximum Gasteiger partial charge on any atom is 0.0998 e. The summed E-state index contributed by atoms with van der Waals surface area (Å²) in [4.78, 5) is 0. The molecule has 0 aliphatic heterocycles. The van der Waals surface area contributed by atoms with E-state index in [4.69, 9.17) is 0 Å². The van der Waals surface area contributed by atoms with Crippen molar-refractivity contribution in [3.63, 3.8) is 0 Å². The number of hydrogen-bond acceptors (Lipinski definition) is 3. The summed E-state index contributed by atoms with van der Waals surface area (Å²) in [6, 6.07) is 47.7. The highest BCUT2D eigenvalue weighted by Gasteiger charge is 2.20. The van der Waals surface area contributed by atoms with E-state index in [0.29, 0.717) is 5.56 Å². The summed E-state index contributed by atoms with van der Waals surface area (Å²) in [5.74, 6) is 0. The first kappa shape index (κ1) is 23.2. The highest BCUT2D eigenvalue weighted by molar-refractivity contribution is 7.26. The molecular weight excluding hydrogens is 523 g/mol. The molecule has 0 radical (unpaired) electrons. The molecule has 0 saturated heterocycles. The van der Waals surface area contributed by atoms with Gasteiger partial charge in [0.05, 0.1) is 11.6 Å². The summed E-state index contributed by atoms with van der Waals surface area (Å²) in [5.41, 5.74) is 7.39. The number of hydrogen-bond donors (Lipinski definition) is 0. The lowest BCUT2D eigenvalue weighted by Gasteiger charge is -2.18. The minimum atomic E-state index is 0.683. The molecular formula is C37H21NS2. The van der Waals surface area contributed by atoms with E-state index in [1.807, 2.05) is 40.9 Å². The minimum absolute atomic E-state index is 0.683. The standard InChI is InChI=1S/C37H21NS2/c38-22-24-9-1-2-10-26(24)36-25(23-19-20-29-27-11-3-5-17-33(27)39-35(29)21-23)13-7-14-30(36)32-16-8-15-31-28-12-4-6-18-34(28)40-37(31)32/h1-21H. The van der Waals surface area contributed by atoms with E-state index in [2.05, 4.69) is 115 Å². The van der Waals surface area contributed by atoms with Crippen LogP contribution >= 0.6 is 22.7 Å². The third-order valence-electron chi connectivity index (χ3n) is 7.77. The van der Waals surface area contributed by atoms with Crippen molar-refractivity contribution in [2.75, 3.05) is 0 Å². The van der Waals surface area contributed by atoms with Crippen LogP contribution < -0.4 is 0 Å². The number of nitriles is 1. The zero-order valence-corrected chi connectivity index (χ0v) is 23.0. The summed E-state index contributed by atoms with van der Waals surface area (Å²) >= 11 is 3.67. The predicted octanol–water partition coefficient (Wildman–Crippen LogP) is 11.3. The Kier molecular flexibility index (Phi) is 5.31. The Labute approximate surface area is 239 Å². The van der Waals surface area contributed by atoms with Gasteiger partial charge in [-0.2, -0.15) is 5.26 Å². The van der Waals surface area contributed by atoms with E-state index >= 15 is 0 Å². The van der Waals surface area contributed by atoms with E-state index < -0.39 is 0 Å². The molecule has 6 aromatic carbocycles. The van der Waals surface area contributed by atoms with Crippen LogP contribution in [0.4, 0.5) is 0 Å². The molecule has 8 rings (SSSR count). The summed E-state index contributed by atoms with van der Waals surface area (Å²) in [5, 5.41) is 15.3. The number of benzene rings is 6. The molecule has 8 aromatic rings.